The Morgan fingerprint density at radius 1 is 1.00 bits per heavy atom. The second-order valence-corrected chi connectivity index (χ2v) is 9.63. The van der Waals surface area contributed by atoms with Crippen LogP contribution in [0.25, 0.3) is 0 Å². The number of hydrogen-bond acceptors (Lipinski definition) is 4. The fourth-order valence-electron chi connectivity index (χ4n) is 3.36. The lowest BCUT2D eigenvalue weighted by Crippen LogP contribution is -2.22. The van der Waals surface area contributed by atoms with E-state index in [1.807, 2.05) is 23.9 Å². The van der Waals surface area contributed by atoms with Gasteiger partial charge in [0.05, 0.1) is 4.92 Å². The van der Waals surface area contributed by atoms with Crippen molar-refractivity contribution >= 4 is 17.4 Å². The molecule has 0 bridgehead atoms. The summed E-state index contributed by atoms with van der Waals surface area (Å²) in [7, 11) is 0. The third-order valence-corrected chi connectivity index (χ3v) is 6.39. The molecule has 1 aromatic carbocycles. The van der Waals surface area contributed by atoms with Gasteiger partial charge >= 0.3 is 0 Å². The van der Waals surface area contributed by atoms with Crippen LogP contribution in [-0.4, -0.2) is 21.9 Å². The Morgan fingerprint density at radius 3 is 1.96 bits per heavy atom. The first-order valence-electron chi connectivity index (χ1n) is 10.7. The number of non-ortho nitro benzene ring substituents is 1. The Labute approximate surface area is 175 Å². The van der Waals surface area contributed by atoms with Crippen molar-refractivity contribution in [2.45, 2.75) is 95.6 Å². The SMILES string of the molecule is CC(C)S[CH]C(C)(CCCCCCCCCCCO)c1ccc([N+](=O)[O-])cc1. The zero-order valence-corrected chi connectivity index (χ0v) is 18.7. The van der Waals surface area contributed by atoms with Crippen LogP contribution in [0.1, 0.15) is 90.5 Å². The van der Waals surface area contributed by atoms with Crippen LogP contribution >= 0.6 is 11.8 Å². The first kappa shape index (κ1) is 25.0. The van der Waals surface area contributed by atoms with E-state index in [2.05, 4.69) is 26.5 Å². The van der Waals surface area contributed by atoms with Gasteiger partial charge in [-0.1, -0.05) is 84.3 Å². The van der Waals surface area contributed by atoms with Gasteiger partial charge in [-0.25, -0.2) is 0 Å². The quantitative estimate of drug-likeness (QED) is 0.181. The van der Waals surface area contributed by atoms with Gasteiger partial charge in [0.15, 0.2) is 0 Å². The van der Waals surface area contributed by atoms with Gasteiger partial charge in [-0.05, 0) is 23.7 Å². The summed E-state index contributed by atoms with van der Waals surface area (Å²) >= 11 is 1.85. The third kappa shape index (κ3) is 9.92. The van der Waals surface area contributed by atoms with E-state index in [1.165, 1.54) is 44.9 Å². The number of nitrogens with zero attached hydrogens (tertiary/aromatic N) is 1. The average Bonchev–Trinajstić information content (AvgIpc) is 2.68. The molecule has 5 heteroatoms. The fraction of sp³-hybridized carbons (Fsp3) is 0.696. The second-order valence-electron chi connectivity index (χ2n) is 8.18. The molecule has 1 atom stereocenters. The van der Waals surface area contributed by atoms with Crippen LogP contribution in [0.4, 0.5) is 5.69 Å². The van der Waals surface area contributed by atoms with Crippen LogP contribution in [0.3, 0.4) is 0 Å². The predicted octanol–water partition coefficient (Wildman–Crippen LogP) is 7.05. The summed E-state index contributed by atoms with van der Waals surface area (Å²) in [6.07, 6.45) is 11.9. The molecule has 0 aliphatic heterocycles. The van der Waals surface area contributed by atoms with Crippen LogP contribution in [-0.2, 0) is 5.41 Å². The van der Waals surface area contributed by atoms with E-state index in [-0.39, 0.29) is 16.0 Å². The molecule has 0 aliphatic rings. The Balaban J connectivity index is 2.45. The molecule has 0 amide bonds. The summed E-state index contributed by atoms with van der Waals surface area (Å²) in [5, 5.41) is 20.2. The maximum atomic E-state index is 10.9. The average molecular weight is 409 g/mol. The molecule has 159 valence electrons. The van der Waals surface area contributed by atoms with Gasteiger partial charge in [0.2, 0.25) is 0 Å². The molecule has 28 heavy (non-hydrogen) atoms. The van der Waals surface area contributed by atoms with Gasteiger partial charge in [0, 0.05) is 29.9 Å². The highest BCUT2D eigenvalue weighted by atomic mass is 32.2. The Morgan fingerprint density at radius 2 is 1.50 bits per heavy atom. The largest absolute Gasteiger partial charge is 0.396 e. The molecule has 0 saturated heterocycles. The van der Waals surface area contributed by atoms with Gasteiger partial charge in [-0.3, -0.25) is 10.1 Å². The van der Waals surface area contributed by atoms with Crippen LogP contribution in [0.5, 0.6) is 0 Å². The lowest BCUT2D eigenvalue weighted by Gasteiger charge is -2.30. The molecule has 0 saturated carbocycles. The summed E-state index contributed by atoms with van der Waals surface area (Å²) in [5.74, 6) is 2.33. The van der Waals surface area contributed by atoms with Crippen molar-refractivity contribution < 1.29 is 10.0 Å². The minimum atomic E-state index is -0.336. The number of hydrogen-bond donors (Lipinski definition) is 1. The molecule has 4 nitrogen and oxygen atoms in total. The molecule has 0 heterocycles. The molecule has 0 aliphatic carbocycles. The summed E-state index contributed by atoms with van der Waals surface area (Å²) < 4.78 is 0. The van der Waals surface area contributed by atoms with Gasteiger partial charge in [-0.15, -0.1) is 0 Å². The number of benzene rings is 1. The van der Waals surface area contributed by atoms with E-state index < -0.39 is 0 Å². The molecular weight excluding hydrogens is 370 g/mol. The number of rotatable bonds is 16. The molecule has 0 aromatic heterocycles. The fourth-order valence-corrected chi connectivity index (χ4v) is 4.19. The van der Waals surface area contributed by atoms with Gasteiger partial charge in [0.25, 0.3) is 5.69 Å². The van der Waals surface area contributed by atoms with E-state index in [0.29, 0.717) is 11.9 Å². The monoisotopic (exact) mass is 408 g/mol. The second kappa shape index (κ2) is 14.0. The van der Waals surface area contributed by atoms with Crippen LogP contribution in [0, 0.1) is 15.9 Å². The van der Waals surface area contributed by atoms with E-state index in [1.54, 1.807) is 12.1 Å². The highest BCUT2D eigenvalue weighted by Gasteiger charge is 2.27. The Hall–Kier alpha value is -1.07. The van der Waals surface area contributed by atoms with Crippen molar-refractivity contribution in [1.29, 1.82) is 0 Å². The Kier molecular flexibility index (Phi) is 12.5. The maximum absolute atomic E-state index is 10.9. The number of aliphatic hydroxyl groups is 1. The lowest BCUT2D eigenvalue weighted by atomic mass is 9.79. The lowest BCUT2D eigenvalue weighted by molar-refractivity contribution is -0.384. The third-order valence-electron chi connectivity index (χ3n) is 5.19. The predicted molar refractivity (Wildman–Crippen MR) is 121 cm³/mol. The summed E-state index contributed by atoms with van der Waals surface area (Å²) in [6, 6.07) is 7.08. The first-order chi connectivity index (χ1) is 13.4. The summed E-state index contributed by atoms with van der Waals surface area (Å²) in [5.41, 5.74) is 1.26. The smallest absolute Gasteiger partial charge is 0.269 e. The number of nitro groups is 1. The zero-order chi connectivity index (χ0) is 20.8. The zero-order valence-electron chi connectivity index (χ0n) is 17.9. The molecule has 0 fully saturated rings. The maximum Gasteiger partial charge on any atom is 0.269 e. The van der Waals surface area contributed by atoms with Gasteiger partial charge in [-0.2, -0.15) is 11.8 Å². The number of aliphatic hydroxyl groups excluding tert-OH is 1. The van der Waals surface area contributed by atoms with Crippen LogP contribution in [0.2, 0.25) is 0 Å². The van der Waals surface area contributed by atoms with Crippen molar-refractivity contribution in [3.05, 3.63) is 45.7 Å². The first-order valence-corrected chi connectivity index (χ1v) is 11.7. The number of unbranched alkanes of at least 4 members (excludes halogenated alkanes) is 8. The van der Waals surface area contributed by atoms with E-state index in [9.17, 15) is 10.1 Å². The molecule has 1 rings (SSSR count). The van der Waals surface area contributed by atoms with Crippen molar-refractivity contribution in [3.63, 3.8) is 0 Å². The summed E-state index contributed by atoms with van der Waals surface area (Å²) in [6.45, 7) is 6.96. The van der Waals surface area contributed by atoms with Crippen molar-refractivity contribution in [2.75, 3.05) is 6.61 Å². The highest BCUT2D eigenvalue weighted by molar-refractivity contribution is 8.01. The number of thioether (sulfide) groups is 1. The van der Waals surface area contributed by atoms with Crippen molar-refractivity contribution in [3.8, 4) is 0 Å². The van der Waals surface area contributed by atoms with Crippen molar-refractivity contribution in [2.24, 2.45) is 0 Å². The van der Waals surface area contributed by atoms with Crippen LogP contribution in [0.15, 0.2) is 24.3 Å². The van der Waals surface area contributed by atoms with Crippen LogP contribution < -0.4 is 0 Å². The standard InChI is InChI=1S/C23H38NO3S/c1-20(2)28-19-23(3,21-13-15-22(16-14-21)24(26)27)17-11-9-7-5-4-6-8-10-12-18-25/h13-16,19-20,25H,4-12,17-18H2,1-3H3. The minimum Gasteiger partial charge on any atom is -0.396 e. The van der Waals surface area contributed by atoms with E-state index >= 15 is 0 Å². The van der Waals surface area contributed by atoms with Gasteiger partial charge in [0.1, 0.15) is 0 Å². The Bertz CT molecular complexity index is 547. The molecule has 1 unspecified atom stereocenters. The van der Waals surface area contributed by atoms with E-state index in [4.69, 9.17) is 5.11 Å². The molecule has 0 spiro atoms. The van der Waals surface area contributed by atoms with E-state index in [0.717, 1.165) is 24.8 Å². The minimum absolute atomic E-state index is 0.0612. The van der Waals surface area contributed by atoms with Crippen molar-refractivity contribution in [1.82, 2.24) is 0 Å². The normalized spacial score (nSPS) is 13.6. The van der Waals surface area contributed by atoms with Gasteiger partial charge < -0.3 is 5.11 Å². The molecule has 1 aromatic rings. The summed E-state index contributed by atoms with van der Waals surface area (Å²) in [4.78, 5) is 10.6. The molecular formula is C23H38NO3S. The highest BCUT2D eigenvalue weighted by Crippen LogP contribution is 2.38. The molecule has 1 radical (unpaired) electrons. The number of nitro benzene ring substituents is 1. The topological polar surface area (TPSA) is 63.4 Å². The molecule has 1 N–H and O–H groups in total.